The van der Waals surface area contributed by atoms with E-state index in [-0.39, 0.29) is 17.6 Å². The van der Waals surface area contributed by atoms with E-state index in [1.165, 1.54) is 27.1 Å². The Morgan fingerprint density at radius 3 is 2.61 bits per heavy atom. The minimum absolute atomic E-state index is 0.0166. The van der Waals surface area contributed by atoms with Crippen LogP contribution >= 0.6 is 11.3 Å². The summed E-state index contributed by atoms with van der Waals surface area (Å²) in [5, 5.41) is 1.20. The monoisotopic (exact) mass is 438 g/mol. The number of nitrogens with zero attached hydrogens (tertiary/aromatic N) is 4. The van der Waals surface area contributed by atoms with E-state index in [0.717, 1.165) is 50.5 Å². The molecule has 2 saturated heterocycles. The number of benzene rings is 1. The lowest BCUT2D eigenvalue weighted by Gasteiger charge is -2.40. The summed E-state index contributed by atoms with van der Waals surface area (Å²) >= 11 is 1.79. The lowest BCUT2D eigenvalue weighted by molar-refractivity contribution is -0.136. The summed E-state index contributed by atoms with van der Waals surface area (Å²) in [6.45, 7) is 6.80. The molecule has 0 spiro atoms. The maximum absolute atomic E-state index is 13.3. The van der Waals surface area contributed by atoms with Gasteiger partial charge in [-0.25, -0.2) is 9.37 Å². The Morgan fingerprint density at radius 2 is 1.84 bits per heavy atom. The molecule has 7 heteroatoms. The van der Waals surface area contributed by atoms with Crippen LogP contribution in [0.3, 0.4) is 0 Å². The van der Waals surface area contributed by atoms with Crippen LogP contribution in [0.15, 0.2) is 42.6 Å². The molecule has 2 aromatic heterocycles. The molecule has 0 N–H and O–H groups in total. The van der Waals surface area contributed by atoms with Crippen LogP contribution in [0.1, 0.15) is 17.7 Å². The van der Waals surface area contributed by atoms with Crippen molar-refractivity contribution in [3.63, 3.8) is 0 Å². The van der Waals surface area contributed by atoms with Gasteiger partial charge in [0.1, 0.15) is 11.6 Å². The summed E-state index contributed by atoms with van der Waals surface area (Å²) < 4.78 is 14.4. The summed E-state index contributed by atoms with van der Waals surface area (Å²) in [5.41, 5.74) is 1.02. The number of hydrogen-bond donors (Lipinski definition) is 0. The highest BCUT2D eigenvalue weighted by atomic mass is 32.1. The molecule has 1 unspecified atom stereocenters. The fraction of sp³-hybridized carbons (Fsp3) is 0.417. The fourth-order valence-electron chi connectivity index (χ4n) is 4.79. The number of halogens is 1. The van der Waals surface area contributed by atoms with E-state index < -0.39 is 0 Å². The highest BCUT2D eigenvalue weighted by Gasteiger charge is 2.32. The van der Waals surface area contributed by atoms with E-state index in [4.69, 9.17) is 0 Å². The molecule has 162 valence electrons. The molecular formula is C24H27FN4OS. The first-order valence-corrected chi connectivity index (χ1v) is 11.8. The third-order valence-corrected chi connectivity index (χ3v) is 7.42. The Labute approximate surface area is 186 Å². The number of anilines is 2. The number of aromatic nitrogens is 1. The van der Waals surface area contributed by atoms with Crippen molar-refractivity contribution in [1.82, 2.24) is 9.88 Å². The molecule has 0 bridgehead atoms. The summed E-state index contributed by atoms with van der Waals surface area (Å²) in [6.07, 6.45) is 3.83. The highest BCUT2D eigenvalue weighted by molar-refractivity contribution is 7.19. The van der Waals surface area contributed by atoms with Gasteiger partial charge >= 0.3 is 0 Å². The molecule has 5 nitrogen and oxygen atoms in total. The summed E-state index contributed by atoms with van der Waals surface area (Å²) in [5.74, 6) is 1.07. The molecule has 31 heavy (non-hydrogen) atoms. The average Bonchev–Trinajstić information content (AvgIpc) is 3.19. The third kappa shape index (κ3) is 4.11. The molecule has 0 aliphatic carbocycles. The number of rotatable bonds is 3. The molecule has 3 aromatic rings. The van der Waals surface area contributed by atoms with Gasteiger partial charge in [-0.05, 0) is 56.2 Å². The summed E-state index contributed by atoms with van der Waals surface area (Å²) in [4.78, 5) is 25.8. The number of pyridine rings is 1. The fourth-order valence-corrected chi connectivity index (χ4v) is 5.71. The standard InChI is InChI=1S/C24H27FN4OS/c1-17-15-21-22(31-17)8-9-26-23(21)29-10-2-3-18(16-29)24(30)28-13-11-27(12-14-28)20-6-4-19(25)5-7-20/h4-9,15,18H,2-3,10-14,16H2,1H3. The van der Waals surface area contributed by atoms with Crippen molar-refractivity contribution in [3.05, 3.63) is 53.3 Å². The van der Waals surface area contributed by atoms with E-state index >= 15 is 0 Å². The molecule has 1 atom stereocenters. The van der Waals surface area contributed by atoms with Gasteiger partial charge in [-0.1, -0.05) is 0 Å². The van der Waals surface area contributed by atoms with Gasteiger partial charge in [-0.15, -0.1) is 11.3 Å². The number of amides is 1. The van der Waals surface area contributed by atoms with Crippen LogP contribution in [0, 0.1) is 18.7 Å². The zero-order chi connectivity index (χ0) is 21.4. The second-order valence-corrected chi connectivity index (χ2v) is 9.77. The van der Waals surface area contributed by atoms with E-state index in [1.54, 1.807) is 11.3 Å². The van der Waals surface area contributed by atoms with Crippen LogP contribution in [0.5, 0.6) is 0 Å². The number of thiophene rings is 1. The maximum atomic E-state index is 13.3. The average molecular weight is 439 g/mol. The van der Waals surface area contributed by atoms with Crippen LogP contribution in [-0.2, 0) is 4.79 Å². The van der Waals surface area contributed by atoms with Gasteiger partial charge in [0.25, 0.3) is 0 Å². The Hall–Kier alpha value is -2.67. The van der Waals surface area contributed by atoms with Crippen molar-refractivity contribution < 1.29 is 9.18 Å². The van der Waals surface area contributed by atoms with E-state index in [1.807, 2.05) is 23.2 Å². The van der Waals surface area contributed by atoms with Crippen molar-refractivity contribution in [1.29, 1.82) is 0 Å². The van der Waals surface area contributed by atoms with Gasteiger partial charge in [-0.2, -0.15) is 0 Å². The molecule has 2 fully saturated rings. The number of aryl methyl sites for hydroxylation is 1. The molecule has 4 heterocycles. The molecule has 2 aliphatic heterocycles. The van der Waals surface area contributed by atoms with E-state index in [0.29, 0.717) is 13.1 Å². The van der Waals surface area contributed by atoms with E-state index in [2.05, 4.69) is 33.8 Å². The first kappa shape index (κ1) is 20.2. The molecule has 2 aliphatic rings. The van der Waals surface area contributed by atoms with Gasteiger partial charge in [0.15, 0.2) is 0 Å². The van der Waals surface area contributed by atoms with Crippen LogP contribution in [0.4, 0.5) is 15.9 Å². The quantitative estimate of drug-likeness (QED) is 0.611. The van der Waals surface area contributed by atoms with Gasteiger partial charge in [-0.3, -0.25) is 4.79 Å². The number of piperidine rings is 1. The third-order valence-electron chi connectivity index (χ3n) is 6.40. The van der Waals surface area contributed by atoms with Crippen LogP contribution in [0.2, 0.25) is 0 Å². The summed E-state index contributed by atoms with van der Waals surface area (Å²) in [6, 6.07) is 10.9. The molecule has 1 amide bonds. The van der Waals surface area contributed by atoms with E-state index in [9.17, 15) is 9.18 Å². The molecule has 0 radical (unpaired) electrons. The lowest BCUT2D eigenvalue weighted by atomic mass is 9.96. The predicted octanol–water partition coefficient (Wildman–Crippen LogP) is 4.31. The second-order valence-electron chi connectivity index (χ2n) is 8.48. The number of carbonyl (C=O) groups excluding carboxylic acids is 1. The Bertz CT molecular complexity index is 1070. The van der Waals surface area contributed by atoms with Crippen molar-refractivity contribution in [2.45, 2.75) is 19.8 Å². The molecule has 0 saturated carbocycles. The molecule has 1 aromatic carbocycles. The van der Waals surface area contributed by atoms with Crippen molar-refractivity contribution in [2.75, 3.05) is 49.1 Å². The second kappa shape index (κ2) is 8.46. The largest absolute Gasteiger partial charge is 0.368 e. The first-order chi connectivity index (χ1) is 15.1. The highest BCUT2D eigenvalue weighted by Crippen LogP contribution is 2.33. The Kier molecular flexibility index (Phi) is 5.52. The van der Waals surface area contributed by atoms with Gasteiger partial charge in [0.2, 0.25) is 5.91 Å². The molecule has 5 rings (SSSR count). The number of fused-ring (bicyclic) bond motifs is 1. The van der Waals surface area contributed by atoms with Gasteiger partial charge in [0, 0.05) is 66.1 Å². The SMILES string of the molecule is Cc1cc2c(N3CCCC(C(=O)N4CCN(c5ccc(F)cc5)CC4)C3)nccc2s1. The smallest absolute Gasteiger partial charge is 0.227 e. The minimum Gasteiger partial charge on any atom is -0.368 e. The normalized spacial score (nSPS) is 19.8. The predicted molar refractivity (Wildman–Crippen MR) is 124 cm³/mol. The van der Waals surface area contributed by atoms with Crippen molar-refractivity contribution in [3.8, 4) is 0 Å². The number of piperazine rings is 1. The first-order valence-electron chi connectivity index (χ1n) is 11.0. The zero-order valence-corrected chi connectivity index (χ0v) is 18.6. The van der Waals surface area contributed by atoms with Crippen molar-refractivity contribution in [2.24, 2.45) is 5.92 Å². The van der Waals surface area contributed by atoms with Crippen LogP contribution in [0.25, 0.3) is 10.1 Å². The maximum Gasteiger partial charge on any atom is 0.227 e. The molecular weight excluding hydrogens is 411 g/mol. The number of carbonyl (C=O) groups is 1. The number of hydrogen-bond acceptors (Lipinski definition) is 5. The van der Waals surface area contributed by atoms with Crippen LogP contribution in [-0.4, -0.2) is 55.1 Å². The van der Waals surface area contributed by atoms with Crippen molar-refractivity contribution >= 4 is 38.8 Å². The lowest BCUT2D eigenvalue weighted by Crippen LogP contribution is -2.52. The minimum atomic E-state index is -0.220. The topological polar surface area (TPSA) is 39.7 Å². The van der Waals surface area contributed by atoms with Crippen LogP contribution < -0.4 is 9.80 Å². The Balaban J connectivity index is 1.24. The Morgan fingerprint density at radius 1 is 1.06 bits per heavy atom. The van der Waals surface area contributed by atoms with Gasteiger partial charge in [0.05, 0.1) is 5.92 Å². The van der Waals surface area contributed by atoms with Gasteiger partial charge < -0.3 is 14.7 Å². The summed E-state index contributed by atoms with van der Waals surface area (Å²) in [7, 11) is 0. The zero-order valence-electron chi connectivity index (χ0n) is 17.8.